The van der Waals surface area contributed by atoms with Crippen molar-refractivity contribution in [2.24, 2.45) is 0 Å². The molecule has 0 aliphatic carbocycles. The summed E-state index contributed by atoms with van der Waals surface area (Å²) in [6.45, 7) is 2.53. The molecule has 1 fully saturated rings. The van der Waals surface area contributed by atoms with Gasteiger partial charge in [0.2, 0.25) is 0 Å². The lowest BCUT2D eigenvalue weighted by Crippen LogP contribution is -2.48. The van der Waals surface area contributed by atoms with Crippen LogP contribution in [0.3, 0.4) is 0 Å². The number of rotatable bonds is 3. The maximum Gasteiger partial charge on any atom is 0.0638 e. The molecule has 1 aromatic carbocycles. The van der Waals surface area contributed by atoms with Crippen molar-refractivity contribution in [1.82, 2.24) is 10.6 Å². The normalized spacial score (nSPS) is 22.2. The summed E-state index contributed by atoms with van der Waals surface area (Å²) in [5, 5.41) is 10.6. The number of likely N-dealkylation sites (N-methyl/N-ethyl adjacent to an activating group) is 1. The third kappa shape index (κ3) is 2.17. The van der Waals surface area contributed by atoms with Gasteiger partial charge in [0, 0.05) is 11.2 Å². The summed E-state index contributed by atoms with van der Waals surface area (Å²) in [4.78, 5) is 0. The highest BCUT2D eigenvalue weighted by molar-refractivity contribution is 7.17. The van der Waals surface area contributed by atoms with Crippen molar-refractivity contribution >= 4 is 21.4 Å². The molecule has 3 rings (SSSR count). The van der Waals surface area contributed by atoms with Crippen LogP contribution in [0.25, 0.3) is 10.1 Å². The van der Waals surface area contributed by atoms with Crippen molar-refractivity contribution in [1.29, 1.82) is 0 Å². The molecule has 3 nitrogen and oxygen atoms in total. The minimum absolute atomic E-state index is 0.307. The molecule has 2 unspecified atom stereocenters. The molecule has 0 spiro atoms. The third-order valence-electron chi connectivity index (χ3n) is 3.51. The van der Waals surface area contributed by atoms with Crippen molar-refractivity contribution in [3.8, 4) is 0 Å². The molecule has 2 N–H and O–H groups in total. The minimum Gasteiger partial charge on any atom is -0.378 e. The van der Waals surface area contributed by atoms with Crippen molar-refractivity contribution in [2.45, 2.75) is 12.1 Å². The molecule has 0 radical (unpaired) electrons. The summed E-state index contributed by atoms with van der Waals surface area (Å²) in [6.07, 6.45) is 0. The molecule has 1 saturated heterocycles. The fraction of sp³-hybridized carbons (Fsp3) is 0.429. The number of benzene rings is 1. The second-order valence-corrected chi connectivity index (χ2v) is 5.50. The molecule has 2 aromatic rings. The number of morpholine rings is 1. The Morgan fingerprint density at radius 1 is 1.44 bits per heavy atom. The van der Waals surface area contributed by atoms with Crippen molar-refractivity contribution in [3.05, 3.63) is 35.2 Å². The van der Waals surface area contributed by atoms with E-state index in [4.69, 9.17) is 4.74 Å². The first-order valence-corrected chi connectivity index (χ1v) is 7.22. The molecule has 0 amide bonds. The van der Waals surface area contributed by atoms with E-state index in [9.17, 15) is 0 Å². The lowest BCUT2D eigenvalue weighted by atomic mass is 9.98. The third-order valence-corrected chi connectivity index (χ3v) is 4.49. The molecular formula is C14H18N2OS. The topological polar surface area (TPSA) is 33.3 Å². The zero-order valence-corrected chi connectivity index (χ0v) is 11.3. The van der Waals surface area contributed by atoms with Crippen LogP contribution >= 0.6 is 11.3 Å². The Hall–Kier alpha value is -0.940. The summed E-state index contributed by atoms with van der Waals surface area (Å²) in [5.74, 6) is 0. The van der Waals surface area contributed by atoms with Crippen LogP contribution in [-0.2, 0) is 4.74 Å². The largest absolute Gasteiger partial charge is 0.378 e. The van der Waals surface area contributed by atoms with E-state index in [1.54, 1.807) is 0 Å². The van der Waals surface area contributed by atoms with E-state index in [-0.39, 0.29) is 0 Å². The van der Waals surface area contributed by atoms with E-state index in [0.29, 0.717) is 12.1 Å². The summed E-state index contributed by atoms with van der Waals surface area (Å²) >= 11 is 1.81. The van der Waals surface area contributed by atoms with Crippen molar-refractivity contribution in [2.75, 3.05) is 26.8 Å². The van der Waals surface area contributed by atoms with E-state index < -0.39 is 0 Å². The monoisotopic (exact) mass is 262 g/mol. The van der Waals surface area contributed by atoms with Gasteiger partial charge in [-0.25, -0.2) is 0 Å². The van der Waals surface area contributed by atoms with Gasteiger partial charge in [-0.3, -0.25) is 0 Å². The van der Waals surface area contributed by atoms with E-state index in [1.807, 2.05) is 18.4 Å². The van der Waals surface area contributed by atoms with Crippen molar-refractivity contribution in [3.63, 3.8) is 0 Å². The summed E-state index contributed by atoms with van der Waals surface area (Å²) in [7, 11) is 2.02. The molecule has 0 saturated carbocycles. The highest BCUT2D eigenvalue weighted by Gasteiger charge is 2.25. The van der Waals surface area contributed by atoms with E-state index in [1.165, 1.54) is 15.6 Å². The van der Waals surface area contributed by atoms with Gasteiger partial charge in [0.05, 0.1) is 25.3 Å². The highest BCUT2D eigenvalue weighted by Crippen LogP contribution is 2.31. The Morgan fingerprint density at radius 3 is 3.11 bits per heavy atom. The quantitative estimate of drug-likeness (QED) is 0.889. The smallest absolute Gasteiger partial charge is 0.0638 e. The number of nitrogens with one attached hydrogen (secondary N) is 2. The van der Waals surface area contributed by atoms with Gasteiger partial charge in [-0.1, -0.05) is 18.2 Å². The predicted octanol–water partition coefficient (Wildman–Crippen LogP) is 2.15. The Kier molecular flexibility index (Phi) is 3.61. The maximum absolute atomic E-state index is 5.58. The molecule has 2 atom stereocenters. The van der Waals surface area contributed by atoms with Crippen LogP contribution in [-0.4, -0.2) is 32.8 Å². The molecule has 2 heterocycles. The predicted molar refractivity (Wildman–Crippen MR) is 76.2 cm³/mol. The first kappa shape index (κ1) is 12.1. The molecule has 96 valence electrons. The van der Waals surface area contributed by atoms with Crippen LogP contribution in [0.5, 0.6) is 0 Å². The van der Waals surface area contributed by atoms with Crippen LogP contribution in [0.15, 0.2) is 29.6 Å². The summed E-state index contributed by atoms with van der Waals surface area (Å²) < 4.78 is 6.93. The van der Waals surface area contributed by atoms with Gasteiger partial charge < -0.3 is 15.4 Å². The first-order chi connectivity index (χ1) is 8.90. The fourth-order valence-electron chi connectivity index (χ4n) is 2.61. The lowest BCUT2D eigenvalue weighted by Gasteiger charge is -2.31. The van der Waals surface area contributed by atoms with Gasteiger partial charge in [-0.2, -0.15) is 0 Å². The van der Waals surface area contributed by atoms with Gasteiger partial charge in [0.1, 0.15) is 0 Å². The number of fused-ring (bicyclic) bond motifs is 1. The average molecular weight is 262 g/mol. The Morgan fingerprint density at radius 2 is 2.33 bits per heavy atom. The molecule has 18 heavy (non-hydrogen) atoms. The SMILES string of the molecule is CNC(c1csc2ccccc12)C1COCCN1. The van der Waals surface area contributed by atoms with Crippen LogP contribution in [0.2, 0.25) is 0 Å². The van der Waals surface area contributed by atoms with Gasteiger partial charge in [-0.05, 0) is 29.4 Å². The molecular weight excluding hydrogens is 244 g/mol. The van der Waals surface area contributed by atoms with E-state index in [0.717, 1.165) is 19.8 Å². The Bertz CT molecular complexity index is 519. The lowest BCUT2D eigenvalue weighted by molar-refractivity contribution is 0.0648. The molecule has 0 bridgehead atoms. The number of ether oxygens (including phenoxy) is 1. The molecule has 1 aliphatic heterocycles. The van der Waals surface area contributed by atoms with Crippen LogP contribution in [0.1, 0.15) is 11.6 Å². The van der Waals surface area contributed by atoms with E-state index in [2.05, 4.69) is 40.3 Å². The maximum atomic E-state index is 5.58. The number of hydrogen-bond acceptors (Lipinski definition) is 4. The molecule has 1 aromatic heterocycles. The van der Waals surface area contributed by atoms with Gasteiger partial charge >= 0.3 is 0 Å². The standard InChI is InChI=1S/C14H18N2OS/c1-15-14(12-8-17-7-6-16-12)11-9-18-13-5-3-2-4-10(11)13/h2-5,9,12,14-16H,6-8H2,1H3. The molecule has 1 aliphatic rings. The van der Waals surface area contributed by atoms with Crippen LogP contribution in [0, 0.1) is 0 Å². The zero-order chi connectivity index (χ0) is 12.4. The minimum atomic E-state index is 0.307. The summed E-state index contributed by atoms with van der Waals surface area (Å²) in [5.41, 5.74) is 1.38. The molecule has 4 heteroatoms. The Balaban J connectivity index is 1.95. The number of thiophene rings is 1. The zero-order valence-electron chi connectivity index (χ0n) is 10.5. The summed E-state index contributed by atoms with van der Waals surface area (Å²) in [6, 6.07) is 9.24. The van der Waals surface area contributed by atoms with Gasteiger partial charge in [0.25, 0.3) is 0 Å². The highest BCUT2D eigenvalue weighted by atomic mass is 32.1. The number of hydrogen-bond donors (Lipinski definition) is 2. The van der Waals surface area contributed by atoms with Crippen LogP contribution in [0.4, 0.5) is 0 Å². The van der Waals surface area contributed by atoms with Gasteiger partial charge in [0.15, 0.2) is 0 Å². The Labute approximate surface area is 111 Å². The second-order valence-electron chi connectivity index (χ2n) is 4.59. The van der Waals surface area contributed by atoms with E-state index >= 15 is 0 Å². The first-order valence-electron chi connectivity index (χ1n) is 6.34. The van der Waals surface area contributed by atoms with Crippen LogP contribution < -0.4 is 10.6 Å². The average Bonchev–Trinajstić information content (AvgIpc) is 2.85. The van der Waals surface area contributed by atoms with Crippen molar-refractivity contribution < 1.29 is 4.74 Å². The second kappa shape index (κ2) is 5.36. The van der Waals surface area contributed by atoms with Gasteiger partial charge in [-0.15, -0.1) is 11.3 Å². The fourth-order valence-corrected chi connectivity index (χ4v) is 3.61.